The van der Waals surface area contributed by atoms with Crippen molar-refractivity contribution in [3.63, 3.8) is 0 Å². The van der Waals surface area contributed by atoms with E-state index in [0.29, 0.717) is 0 Å². The van der Waals surface area contributed by atoms with E-state index >= 15 is 0 Å². The van der Waals surface area contributed by atoms with Crippen molar-refractivity contribution in [2.24, 2.45) is 0 Å². The SMILES string of the molecule is OCNC=Cc1ccccc1. The number of hydrogen-bond donors (Lipinski definition) is 2. The maximum Gasteiger partial charge on any atom is 0.112 e. The van der Waals surface area contributed by atoms with Crippen LogP contribution < -0.4 is 5.32 Å². The molecule has 1 aromatic rings. The van der Waals surface area contributed by atoms with Crippen molar-refractivity contribution in [1.29, 1.82) is 0 Å². The van der Waals surface area contributed by atoms with Gasteiger partial charge in [-0.3, -0.25) is 0 Å². The molecule has 0 saturated heterocycles. The van der Waals surface area contributed by atoms with Crippen molar-refractivity contribution >= 4 is 6.08 Å². The third-order valence-corrected chi connectivity index (χ3v) is 1.28. The summed E-state index contributed by atoms with van der Waals surface area (Å²) in [6.07, 6.45) is 3.62. The van der Waals surface area contributed by atoms with Crippen LogP contribution in [0.3, 0.4) is 0 Å². The van der Waals surface area contributed by atoms with Gasteiger partial charge in [-0.1, -0.05) is 30.3 Å². The Morgan fingerprint density at radius 2 is 2.00 bits per heavy atom. The van der Waals surface area contributed by atoms with Crippen LogP contribution in [0.4, 0.5) is 0 Å². The molecule has 0 saturated carbocycles. The van der Waals surface area contributed by atoms with E-state index in [1.54, 1.807) is 6.20 Å². The van der Waals surface area contributed by atoms with E-state index in [2.05, 4.69) is 5.32 Å². The Hall–Kier alpha value is -1.28. The van der Waals surface area contributed by atoms with Gasteiger partial charge in [0.2, 0.25) is 0 Å². The summed E-state index contributed by atoms with van der Waals surface area (Å²) in [5.41, 5.74) is 1.12. The molecule has 1 rings (SSSR count). The molecule has 11 heavy (non-hydrogen) atoms. The van der Waals surface area contributed by atoms with E-state index in [1.807, 2.05) is 36.4 Å². The molecule has 0 fully saturated rings. The highest BCUT2D eigenvalue weighted by Gasteiger charge is 1.79. The van der Waals surface area contributed by atoms with Gasteiger partial charge >= 0.3 is 0 Å². The van der Waals surface area contributed by atoms with Gasteiger partial charge in [0, 0.05) is 0 Å². The van der Waals surface area contributed by atoms with E-state index in [4.69, 9.17) is 5.11 Å². The van der Waals surface area contributed by atoms with Crippen LogP contribution in [-0.2, 0) is 0 Å². The topological polar surface area (TPSA) is 32.3 Å². The molecular formula is C9H11NO. The summed E-state index contributed by atoms with van der Waals surface area (Å²) >= 11 is 0. The van der Waals surface area contributed by atoms with Gasteiger partial charge in [-0.2, -0.15) is 0 Å². The van der Waals surface area contributed by atoms with Crippen LogP contribution >= 0.6 is 0 Å². The Morgan fingerprint density at radius 1 is 1.27 bits per heavy atom. The lowest BCUT2D eigenvalue weighted by Crippen LogP contribution is -2.04. The van der Waals surface area contributed by atoms with Crippen molar-refractivity contribution in [3.8, 4) is 0 Å². The van der Waals surface area contributed by atoms with Gasteiger partial charge in [0.05, 0.1) is 0 Å². The predicted octanol–water partition coefficient (Wildman–Crippen LogP) is 1.20. The Labute approximate surface area is 66.2 Å². The molecule has 0 atom stereocenters. The lowest BCUT2D eigenvalue weighted by Gasteiger charge is -1.92. The second-order valence-corrected chi connectivity index (χ2v) is 2.11. The second kappa shape index (κ2) is 4.52. The first-order valence-corrected chi connectivity index (χ1v) is 3.49. The van der Waals surface area contributed by atoms with Crippen LogP contribution in [0.1, 0.15) is 5.56 Å². The number of aliphatic hydroxyl groups is 1. The highest BCUT2D eigenvalue weighted by atomic mass is 16.3. The Balaban J connectivity index is 2.50. The zero-order valence-corrected chi connectivity index (χ0v) is 6.20. The molecule has 1 aromatic carbocycles. The molecule has 0 bridgehead atoms. The molecule has 58 valence electrons. The van der Waals surface area contributed by atoms with Crippen molar-refractivity contribution < 1.29 is 5.11 Å². The smallest absolute Gasteiger partial charge is 0.112 e. The highest BCUT2D eigenvalue weighted by Crippen LogP contribution is 1.99. The van der Waals surface area contributed by atoms with E-state index in [9.17, 15) is 0 Å². The Bertz CT molecular complexity index is 218. The average Bonchev–Trinajstić information content (AvgIpc) is 2.07. The third kappa shape index (κ3) is 2.87. The Morgan fingerprint density at radius 3 is 2.64 bits per heavy atom. The molecule has 0 unspecified atom stereocenters. The van der Waals surface area contributed by atoms with Gasteiger partial charge in [-0.15, -0.1) is 0 Å². The Kier molecular flexibility index (Phi) is 3.22. The number of nitrogens with one attached hydrogen (secondary N) is 1. The van der Waals surface area contributed by atoms with Crippen molar-refractivity contribution in [3.05, 3.63) is 42.1 Å². The molecule has 0 aromatic heterocycles. The average molecular weight is 149 g/mol. The van der Waals surface area contributed by atoms with E-state index in [1.165, 1.54) is 0 Å². The van der Waals surface area contributed by atoms with Crippen LogP contribution in [0.15, 0.2) is 36.5 Å². The zero-order valence-electron chi connectivity index (χ0n) is 6.20. The quantitative estimate of drug-likeness (QED) is 0.633. The first-order chi connectivity index (χ1) is 5.43. The standard InChI is InChI=1S/C9H11NO/c11-8-10-7-6-9-4-2-1-3-5-9/h1-7,10-11H,8H2. The molecule has 0 aliphatic heterocycles. The van der Waals surface area contributed by atoms with Crippen molar-refractivity contribution in [1.82, 2.24) is 5.32 Å². The molecule has 2 nitrogen and oxygen atoms in total. The minimum absolute atomic E-state index is 0.0245. The van der Waals surface area contributed by atoms with Crippen LogP contribution in [0.2, 0.25) is 0 Å². The maximum atomic E-state index is 8.38. The number of benzene rings is 1. The highest BCUT2D eigenvalue weighted by molar-refractivity contribution is 5.48. The normalized spacial score (nSPS) is 10.3. The molecule has 2 heteroatoms. The summed E-state index contributed by atoms with van der Waals surface area (Å²) in [5.74, 6) is 0. The lowest BCUT2D eigenvalue weighted by atomic mass is 10.2. The molecule has 0 amide bonds. The number of aliphatic hydroxyl groups excluding tert-OH is 1. The molecule has 0 aliphatic rings. The monoisotopic (exact) mass is 149 g/mol. The third-order valence-electron chi connectivity index (χ3n) is 1.28. The molecular weight excluding hydrogens is 138 g/mol. The fourth-order valence-corrected chi connectivity index (χ4v) is 0.772. The number of hydrogen-bond acceptors (Lipinski definition) is 2. The largest absolute Gasteiger partial charge is 0.377 e. The summed E-state index contributed by atoms with van der Waals surface area (Å²) in [6.45, 7) is -0.0245. The maximum absolute atomic E-state index is 8.38. The fourth-order valence-electron chi connectivity index (χ4n) is 0.772. The molecule has 0 spiro atoms. The van der Waals surface area contributed by atoms with Crippen LogP contribution in [-0.4, -0.2) is 11.8 Å². The van der Waals surface area contributed by atoms with Crippen molar-refractivity contribution in [2.75, 3.05) is 6.73 Å². The first kappa shape index (κ1) is 7.82. The molecule has 0 aliphatic carbocycles. The van der Waals surface area contributed by atoms with Gasteiger partial charge < -0.3 is 10.4 Å². The van der Waals surface area contributed by atoms with Gasteiger partial charge in [0.1, 0.15) is 6.73 Å². The van der Waals surface area contributed by atoms with Crippen LogP contribution in [0.25, 0.3) is 6.08 Å². The minimum Gasteiger partial charge on any atom is -0.377 e. The number of rotatable bonds is 3. The molecule has 0 radical (unpaired) electrons. The van der Waals surface area contributed by atoms with E-state index in [-0.39, 0.29) is 6.73 Å². The summed E-state index contributed by atoms with van der Waals surface area (Å²) in [5, 5.41) is 11.1. The summed E-state index contributed by atoms with van der Waals surface area (Å²) in [4.78, 5) is 0. The van der Waals surface area contributed by atoms with Crippen LogP contribution in [0, 0.1) is 0 Å². The molecule has 0 heterocycles. The summed E-state index contributed by atoms with van der Waals surface area (Å²) in [7, 11) is 0. The summed E-state index contributed by atoms with van der Waals surface area (Å²) < 4.78 is 0. The van der Waals surface area contributed by atoms with E-state index < -0.39 is 0 Å². The van der Waals surface area contributed by atoms with Crippen LogP contribution in [0.5, 0.6) is 0 Å². The minimum atomic E-state index is -0.0245. The van der Waals surface area contributed by atoms with Crippen molar-refractivity contribution in [2.45, 2.75) is 0 Å². The lowest BCUT2D eigenvalue weighted by molar-refractivity contribution is 0.280. The summed E-state index contributed by atoms with van der Waals surface area (Å²) in [6, 6.07) is 9.90. The van der Waals surface area contributed by atoms with Gasteiger partial charge in [0.15, 0.2) is 0 Å². The van der Waals surface area contributed by atoms with Gasteiger partial charge in [0.25, 0.3) is 0 Å². The zero-order chi connectivity index (χ0) is 7.94. The second-order valence-electron chi connectivity index (χ2n) is 2.11. The van der Waals surface area contributed by atoms with E-state index in [0.717, 1.165) is 5.56 Å². The molecule has 2 N–H and O–H groups in total. The van der Waals surface area contributed by atoms with Gasteiger partial charge in [-0.05, 0) is 17.8 Å². The van der Waals surface area contributed by atoms with Gasteiger partial charge in [-0.25, -0.2) is 0 Å². The fraction of sp³-hybridized carbons (Fsp3) is 0.111. The first-order valence-electron chi connectivity index (χ1n) is 3.49. The predicted molar refractivity (Wildman–Crippen MR) is 45.7 cm³/mol.